The van der Waals surface area contributed by atoms with Gasteiger partial charge in [-0.25, -0.2) is 4.79 Å². The number of aliphatic carboxylic acids is 1. The van der Waals surface area contributed by atoms with E-state index in [9.17, 15) is 14.7 Å². The van der Waals surface area contributed by atoms with Crippen LogP contribution in [0.25, 0.3) is 0 Å². The molecule has 1 aromatic rings. The second-order valence-electron chi connectivity index (χ2n) is 4.88. The average molecular weight is 267 g/mol. The van der Waals surface area contributed by atoms with Gasteiger partial charge >= 0.3 is 12.1 Å². The molecule has 1 aromatic carbocycles. The van der Waals surface area contributed by atoms with E-state index in [1.807, 2.05) is 0 Å². The van der Waals surface area contributed by atoms with E-state index >= 15 is 0 Å². The number of rotatable bonds is 5. The molecular formula is C13H17NO5. The number of nitrogens with two attached hydrogens (primary N) is 1. The first kappa shape index (κ1) is 14.8. The highest BCUT2D eigenvalue weighted by atomic mass is 16.6. The minimum absolute atomic E-state index is 0.0269. The molecule has 6 nitrogen and oxygen atoms in total. The van der Waals surface area contributed by atoms with E-state index in [1.54, 1.807) is 19.9 Å². The molecule has 0 fully saturated rings. The fourth-order valence-electron chi connectivity index (χ4n) is 1.88. The van der Waals surface area contributed by atoms with Crippen molar-refractivity contribution in [3.05, 3.63) is 29.3 Å². The summed E-state index contributed by atoms with van der Waals surface area (Å²) < 4.78 is 4.95. The van der Waals surface area contributed by atoms with E-state index in [-0.39, 0.29) is 18.6 Å². The summed E-state index contributed by atoms with van der Waals surface area (Å²) >= 11 is 0. The second kappa shape index (κ2) is 5.60. The van der Waals surface area contributed by atoms with Crippen LogP contribution in [0.4, 0.5) is 4.79 Å². The van der Waals surface area contributed by atoms with Crippen LogP contribution in [0.5, 0.6) is 5.75 Å². The van der Waals surface area contributed by atoms with Crippen LogP contribution in [-0.2, 0) is 22.4 Å². The lowest BCUT2D eigenvalue weighted by Crippen LogP contribution is -2.33. The number of hydrogen-bond acceptors (Lipinski definition) is 4. The number of carbonyl (C=O) groups excluding carboxylic acids is 1. The van der Waals surface area contributed by atoms with Crippen LogP contribution in [0.2, 0.25) is 0 Å². The van der Waals surface area contributed by atoms with Crippen LogP contribution in [0, 0.1) is 0 Å². The van der Waals surface area contributed by atoms with Crippen molar-refractivity contribution in [3.8, 4) is 5.75 Å². The first-order chi connectivity index (χ1) is 8.69. The molecule has 0 aliphatic carbocycles. The van der Waals surface area contributed by atoms with Crippen molar-refractivity contribution in [3.63, 3.8) is 0 Å². The third-order valence-corrected chi connectivity index (χ3v) is 2.52. The largest absolute Gasteiger partial charge is 0.508 e. The van der Waals surface area contributed by atoms with Crippen molar-refractivity contribution in [1.82, 2.24) is 0 Å². The molecule has 0 aliphatic heterocycles. The van der Waals surface area contributed by atoms with Gasteiger partial charge in [-0.2, -0.15) is 0 Å². The molecule has 0 bridgehead atoms. The topological polar surface area (TPSA) is 110 Å². The van der Waals surface area contributed by atoms with Crippen molar-refractivity contribution in [2.24, 2.45) is 5.73 Å². The highest BCUT2D eigenvalue weighted by Gasteiger charge is 2.24. The Morgan fingerprint density at radius 3 is 2.47 bits per heavy atom. The Morgan fingerprint density at radius 1 is 1.32 bits per heavy atom. The van der Waals surface area contributed by atoms with Crippen LogP contribution < -0.4 is 5.73 Å². The second-order valence-corrected chi connectivity index (χ2v) is 4.88. The van der Waals surface area contributed by atoms with Crippen molar-refractivity contribution < 1.29 is 24.5 Å². The van der Waals surface area contributed by atoms with Gasteiger partial charge in [0, 0.05) is 6.42 Å². The molecule has 0 saturated carbocycles. The van der Waals surface area contributed by atoms with Crippen LogP contribution in [0.15, 0.2) is 18.2 Å². The molecule has 0 saturated heterocycles. The Kier molecular flexibility index (Phi) is 4.37. The third-order valence-electron chi connectivity index (χ3n) is 2.52. The lowest BCUT2D eigenvalue weighted by Gasteiger charge is -2.25. The van der Waals surface area contributed by atoms with Gasteiger partial charge in [0.15, 0.2) is 0 Å². The van der Waals surface area contributed by atoms with E-state index in [1.165, 1.54) is 12.1 Å². The number of carboxylic acid groups (broad SMARTS) is 1. The Morgan fingerprint density at radius 2 is 1.95 bits per heavy atom. The molecule has 19 heavy (non-hydrogen) atoms. The molecule has 1 rings (SSSR count). The maximum atomic E-state index is 10.8. The minimum Gasteiger partial charge on any atom is -0.508 e. The summed E-state index contributed by atoms with van der Waals surface area (Å²) in [6.45, 7) is 3.32. The molecule has 0 heterocycles. The number of ether oxygens (including phenoxy) is 1. The number of primary amides is 1. The molecule has 0 spiro atoms. The number of phenols is 1. The van der Waals surface area contributed by atoms with Gasteiger partial charge in [0.2, 0.25) is 0 Å². The lowest BCUT2D eigenvalue weighted by atomic mass is 9.93. The number of phenolic OH excluding ortho intramolecular Hbond substituents is 1. The molecule has 0 aliphatic rings. The third kappa shape index (κ3) is 4.87. The lowest BCUT2D eigenvalue weighted by molar-refractivity contribution is -0.136. The zero-order valence-electron chi connectivity index (χ0n) is 10.8. The highest BCUT2D eigenvalue weighted by Crippen LogP contribution is 2.24. The zero-order valence-corrected chi connectivity index (χ0v) is 10.8. The summed E-state index contributed by atoms with van der Waals surface area (Å²) in [6, 6.07) is 4.42. The number of benzene rings is 1. The monoisotopic (exact) mass is 267 g/mol. The normalized spacial score (nSPS) is 11.1. The first-order valence-corrected chi connectivity index (χ1v) is 5.70. The van der Waals surface area contributed by atoms with Gasteiger partial charge < -0.3 is 20.7 Å². The maximum absolute atomic E-state index is 10.8. The summed E-state index contributed by atoms with van der Waals surface area (Å²) in [6.07, 6.45) is -0.806. The van der Waals surface area contributed by atoms with E-state index in [0.717, 1.165) is 0 Å². The molecule has 104 valence electrons. The number of carbonyl (C=O) groups is 2. The zero-order chi connectivity index (χ0) is 14.6. The highest BCUT2D eigenvalue weighted by molar-refractivity contribution is 5.71. The van der Waals surface area contributed by atoms with Crippen LogP contribution >= 0.6 is 0 Å². The molecule has 0 aromatic heterocycles. The maximum Gasteiger partial charge on any atom is 0.405 e. The summed E-state index contributed by atoms with van der Waals surface area (Å²) in [5.74, 6) is -0.945. The SMILES string of the molecule is CC(C)(Cc1cc(O)ccc1CC(=O)O)OC(N)=O. The summed E-state index contributed by atoms with van der Waals surface area (Å²) in [4.78, 5) is 21.6. The van der Waals surface area contributed by atoms with E-state index in [4.69, 9.17) is 15.6 Å². The smallest absolute Gasteiger partial charge is 0.405 e. The van der Waals surface area contributed by atoms with Gasteiger partial charge in [0.25, 0.3) is 0 Å². The minimum atomic E-state index is -0.972. The van der Waals surface area contributed by atoms with Crippen LogP contribution in [0.1, 0.15) is 25.0 Å². The van der Waals surface area contributed by atoms with Gasteiger partial charge in [0.1, 0.15) is 11.4 Å². The number of hydrogen-bond donors (Lipinski definition) is 3. The van der Waals surface area contributed by atoms with Gasteiger partial charge in [-0.15, -0.1) is 0 Å². The van der Waals surface area contributed by atoms with Crippen molar-refractivity contribution >= 4 is 12.1 Å². The molecule has 4 N–H and O–H groups in total. The van der Waals surface area contributed by atoms with Gasteiger partial charge in [-0.1, -0.05) is 6.07 Å². The van der Waals surface area contributed by atoms with Gasteiger partial charge in [-0.05, 0) is 37.1 Å². The molecule has 6 heteroatoms. The van der Waals surface area contributed by atoms with E-state index in [0.29, 0.717) is 11.1 Å². The molecule has 0 radical (unpaired) electrons. The summed E-state index contributed by atoms with van der Waals surface area (Å²) in [7, 11) is 0. The van der Waals surface area contributed by atoms with Crippen molar-refractivity contribution in [2.45, 2.75) is 32.3 Å². The van der Waals surface area contributed by atoms with E-state index in [2.05, 4.69) is 0 Å². The fraction of sp³-hybridized carbons (Fsp3) is 0.385. The van der Waals surface area contributed by atoms with Crippen molar-refractivity contribution in [2.75, 3.05) is 0 Å². The molecule has 0 unspecified atom stereocenters. The van der Waals surface area contributed by atoms with Crippen molar-refractivity contribution in [1.29, 1.82) is 0 Å². The number of aromatic hydroxyl groups is 1. The molecule has 1 amide bonds. The van der Waals surface area contributed by atoms with Crippen LogP contribution in [-0.4, -0.2) is 27.9 Å². The summed E-state index contributed by atoms with van der Waals surface area (Å²) in [5.41, 5.74) is 5.26. The quantitative estimate of drug-likeness (QED) is 0.747. The number of amides is 1. The van der Waals surface area contributed by atoms with E-state index < -0.39 is 17.7 Å². The van der Waals surface area contributed by atoms with Crippen LogP contribution in [0.3, 0.4) is 0 Å². The predicted octanol–water partition coefficient (Wildman–Crippen LogP) is 1.44. The Hall–Kier alpha value is -2.24. The Balaban J connectivity index is 3.01. The fourth-order valence-corrected chi connectivity index (χ4v) is 1.88. The Labute approximate surface area is 110 Å². The van der Waals surface area contributed by atoms with Gasteiger partial charge in [-0.3, -0.25) is 4.79 Å². The molecular weight excluding hydrogens is 250 g/mol. The average Bonchev–Trinajstić information content (AvgIpc) is 2.18. The summed E-state index contributed by atoms with van der Waals surface area (Å²) in [5, 5.41) is 18.3. The number of carboxylic acids is 1. The molecule has 0 atom stereocenters. The van der Waals surface area contributed by atoms with Gasteiger partial charge in [0.05, 0.1) is 6.42 Å². The predicted molar refractivity (Wildman–Crippen MR) is 67.9 cm³/mol. The Bertz CT molecular complexity index is 496. The first-order valence-electron chi connectivity index (χ1n) is 5.70. The standard InChI is InChI=1S/C13H17NO5/c1-13(2,19-12(14)18)7-9-5-10(15)4-3-8(9)6-11(16)17/h3-5,15H,6-7H2,1-2H3,(H2,14,18)(H,16,17).